The van der Waals surface area contributed by atoms with Gasteiger partial charge in [-0.15, -0.1) is 0 Å². The minimum absolute atomic E-state index is 0.499. The van der Waals surface area contributed by atoms with Crippen molar-refractivity contribution in [3.05, 3.63) is 71.8 Å². The van der Waals surface area contributed by atoms with Crippen LogP contribution in [0.3, 0.4) is 0 Å². The first-order valence-corrected chi connectivity index (χ1v) is 7.62. The topological polar surface area (TPSA) is 12.4 Å². The molecule has 20 heavy (non-hydrogen) atoms. The van der Waals surface area contributed by atoms with Gasteiger partial charge >= 0.3 is 0 Å². The molecule has 102 valence electrons. The lowest BCUT2D eigenvalue weighted by Gasteiger charge is -2.19. The van der Waals surface area contributed by atoms with Crippen molar-refractivity contribution in [3.8, 4) is 0 Å². The second-order valence-corrected chi connectivity index (χ2v) is 5.50. The third kappa shape index (κ3) is 3.16. The Balaban J connectivity index is 1.97. The summed E-state index contributed by atoms with van der Waals surface area (Å²) < 4.78 is 0. The predicted octanol–water partition coefficient (Wildman–Crippen LogP) is 4.86. The smallest absolute Gasteiger partial charge is 0.0722 e. The molecule has 2 aromatic carbocycles. The third-order valence-corrected chi connectivity index (χ3v) is 3.98. The van der Waals surface area contributed by atoms with E-state index >= 15 is 0 Å². The summed E-state index contributed by atoms with van der Waals surface area (Å²) in [6.07, 6.45) is 6.50. The van der Waals surface area contributed by atoms with Gasteiger partial charge in [0.25, 0.3) is 0 Å². The molecule has 1 heteroatoms. The first-order valence-electron chi connectivity index (χ1n) is 7.62. The quantitative estimate of drug-likeness (QED) is 0.554. The molecule has 0 atom stereocenters. The van der Waals surface area contributed by atoms with Crippen molar-refractivity contribution in [2.45, 2.75) is 38.1 Å². The second kappa shape index (κ2) is 6.51. The molecule has 0 spiro atoms. The zero-order valence-electron chi connectivity index (χ0n) is 11.8. The van der Waals surface area contributed by atoms with Crippen molar-refractivity contribution in [3.63, 3.8) is 0 Å². The fraction of sp³-hybridized carbons (Fsp3) is 0.316. The molecule has 2 aromatic rings. The number of hydrogen-bond acceptors (Lipinski definition) is 1. The fourth-order valence-electron chi connectivity index (χ4n) is 2.90. The van der Waals surface area contributed by atoms with Crippen LogP contribution in [-0.4, -0.2) is 11.8 Å². The first-order chi connectivity index (χ1) is 9.93. The lowest BCUT2D eigenvalue weighted by atomic mass is 9.96. The first kappa shape index (κ1) is 13.1. The summed E-state index contributed by atoms with van der Waals surface area (Å²) in [6.45, 7) is 0. The minimum Gasteiger partial charge on any atom is -0.281 e. The molecular weight excluding hydrogens is 243 g/mol. The van der Waals surface area contributed by atoms with E-state index in [0.717, 1.165) is 5.71 Å². The van der Waals surface area contributed by atoms with Crippen LogP contribution in [0, 0.1) is 0 Å². The molecule has 0 aliphatic heterocycles. The van der Waals surface area contributed by atoms with E-state index in [1.54, 1.807) is 0 Å². The highest BCUT2D eigenvalue weighted by Gasteiger charge is 2.14. The normalized spacial score (nSPS) is 15.8. The van der Waals surface area contributed by atoms with Gasteiger partial charge in [-0.25, -0.2) is 0 Å². The highest BCUT2D eigenvalue weighted by atomic mass is 15.5. The zero-order chi connectivity index (χ0) is 13.6. The van der Waals surface area contributed by atoms with E-state index < -0.39 is 0 Å². The van der Waals surface area contributed by atoms with Crippen LogP contribution in [0.4, 0.5) is 0 Å². The monoisotopic (exact) mass is 264 g/mol. The van der Waals surface area contributed by atoms with Crippen LogP contribution in [0.2, 0.25) is 0 Å². The molecule has 0 unspecified atom stereocenters. The number of benzene rings is 2. The van der Waals surface area contributed by atoms with Crippen LogP contribution in [0.25, 0.3) is 0 Å². The molecule has 3 rings (SSSR count). The Morgan fingerprint density at radius 2 is 1.20 bits per heavy atom. The number of nitrogens with zero attached hydrogens (tertiary/aromatic N) is 1. The summed E-state index contributed by atoms with van der Waals surface area (Å²) in [5, 5.41) is 0. The molecule has 1 saturated carbocycles. The summed E-state index contributed by atoms with van der Waals surface area (Å²) in [5.41, 5.74) is 3.60. The van der Waals surface area contributed by atoms with Gasteiger partial charge in [-0.1, -0.05) is 79.9 Å². The molecule has 0 heterocycles. The maximum Gasteiger partial charge on any atom is 0.0722 e. The Hall–Kier alpha value is -1.89. The summed E-state index contributed by atoms with van der Waals surface area (Å²) in [7, 11) is 0. The number of aliphatic imine (C=N–C) groups is 1. The Morgan fingerprint density at radius 3 is 1.70 bits per heavy atom. The Bertz CT molecular complexity index is 509. The average molecular weight is 264 g/mol. The summed E-state index contributed by atoms with van der Waals surface area (Å²) in [4.78, 5) is 5.09. The van der Waals surface area contributed by atoms with Crippen LogP contribution in [-0.2, 0) is 0 Å². The van der Waals surface area contributed by atoms with Crippen molar-refractivity contribution in [2.75, 3.05) is 0 Å². The molecule has 0 bridgehead atoms. The van der Waals surface area contributed by atoms with Gasteiger partial charge in [0, 0.05) is 11.1 Å². The van der Waals surface area contributed by atoms with E-state index in [0.29, 0.717) is 6.04 Å². The molecule has 0 radical (unpaired) electrons. The van der Waals surface area contributed by atoms with Crippen LogP contribution in [0.1, 0.15) is 43.2 Å². The third-order valence-electron chi connectivity index (χ3n) is 3.98. The Kier molecular flexibility index (Phi) is 4.27. The molecule has 1 aliphatic carbocycles. The lowest BCUT2D eigenvalue weighted by Crippen LogP contribution is -2.14. The largest absolute Gasteiger partial charge is 0.281 e. The van der Waals surface area contributed by atoms with Gasteiger partial charge in [0.2, 0.25) is 0 Å². The fourth-order valence-corrected chi connectivity index (χ4v) is 2.90. The summed E-state index contributed by atoms with van der Waals surface area (Å²) >= 11 is 0. The van der Waals surface area contributed by atoms with Crippen LogP contribution in [0.5, 0.6) is 0 Å². The SMILES string of the molecule is c1ccc(C(=[15N]C2CCCCC2)c2ccccc2)cc1. The van der Waals surface area contributed by atoms with Gasteiger partial charge in [0.15, 0.2) is 0 Å². The Morgan fingerprint density at radius 1 is 0.700 bits per heavy atom. The van der Waals surface area contributed by atoms with E-state index in [4.69, 9.17) is 4.99 Å². The molecule has 0 saturated heterocycles. The van der Waals surface area contributed by atoms with Gasteiger partial charge in [-0.2, -0.15) is 0 Å². The Labute approximate surface area is 121 Å². The molecule has 0 N–H and O–H groups in total. The van der Waals surface area contributed by atoms with Gasteiger partial charge in [-0.3, -0.25) is 4.99 Å². The van der Waals surface area contributed by atoms with Crippen molar-refractivity contribution in [2.24, 2.45) is 4.99 Å². The molecule has 1 nitrogen and oxygen atoms in total. The van der Waals surface area contributed by atoms with Crippen LogP contribution >= 0.6 is 0 Å². The minimum atomic E-state index is 0.499. The number of hydrogen-bond donors (Lipinski definition) is 0. The molecule has 1 fully saturated rings. The van der Waals surface area contributed by atoms with E-state index in [-0.39, 0.29) is 0 Å². The summed E-state index contributed by atoms with van der Waals surface area (Å²) in [5.74, 6) is 0. The number of rotatable bonds is 3. The van der Waals surface area contributed by atoms with E-state index in [1.807, 2.05) is 0 Å². The molecule has 0 aromatic heterocycles. The lowest BCUT2D eigenvalue weighted by molar-refractivity contribution is 0.443. The van der Waals surface area contributed by atoms with Crippen LogP contribution in [0.15, 0.2) is 65.7 Å². The highest BCUT2D eigenvalue weighted by molar-refractivity contribution is 6.12. The standard InChI is InChI=1S/C19H21N/c1-4-10-16(11-5-1)19(17-12-6-2-7-13-17)20-18-14-8-3-9-15-18/h1-2,4-7,10-13,18H,3,8-9,14-15H2/i20+1. The van der Waals surface area contributed by atoms with Crippen molar-refractivity contribution in [1.29, 1.82) is 0 Å². The predicted molar refractivity (Wildman–Crippen MR) is 85.4 cm³/mol. The molecule has 0 amide bonds. The van der Waals surface area contributed by atoms with Gasteiger partial charge in [0.05, 0.1) is 11.8 Å². The van der Waals surface area contributed by atoms with E-state index in [2.05, 4.69) is 60.7 Å². The van der Waals surface area contributed by atoms with Gasteiger partial charge < -0.3 is 0 Å². The van der Waals surface area contributed by atoms with Gasteiger partial charge in [-0.05, 0) is 12.8 Å². The summed E-state index contributed by atoms with van der Waals surface area (Å²) in [6, 6.07) is 21.6. The van der Waals surface area contributed by atoms with E-state index in [1.165, 1.54) is 43.2 Å². The van der Waals surface area contributed by atoms with Crippen LogP contribution < -0.4 is 0 Å². The maximum atomic E-state index is 5.09. The average Bonchev–Trinajstić information content (AvgIpc) is 2.55. The van der Waals surface area contributed by atoms with Gasteiger partial charge in [0.1, 0.15) is 0 Å². The molecular formula is C19H21N. The van der Waals surface area contributed by atoms with Crippen molar-refractivity contribution < 1.29 is 0 Å². The second-order valence-electron chi connectivity index (χ2n) is 5.50. The highest BCUT2D eigenvalue weighted by Crippen LogP contribution is 2.22. The van der Waals surface area contributed by atoms with E-state index in [9.17, 15) is 0 Å². The van der Waals surface area contributed by atoms with Crippen molar-refractivity contribution in [1.82, 2.24) is 0 Å². The molecule has 1 aliphatic rings. The van der Waals surface area contributed by atoms with Crippen molar-refractivity contribution >= 4 is 5.71 Å². The maximum absolute atomic E-state index is 5.09. The zero-order valence-corrected chi connectivity index (χ0v) is 11.8.